The molecular formula is C12H16ClFN2O. The van der Waals surface area contributed by atoms with Gasteiger partial charge in [0.25, 0.3) is 5.88 Å². The van der Waals surface area contributed by atoms with Crippen molar-refractivity contribution in [3.63, 3.8) is 0 Å². The molecular weight excluding hydrogens is 243 g/mol. The van der Waals surface area contributed by atoms with Crippen molar-refractivity contribution in [1.29, 1.82) is 0 Å². The first-order valence-corrected chi connectivity index (χ1v) is 6.28. The summed E-state index contributed by atoms with van der Waals surface area (Å²) in [7, 11) is 0. The van der Waals surface area contributed by atoms with Crippen LogP contribution in [0.5, 0.6) is 5.88 Å². The van der Waals surface area contributed by atoms with Crippen LogP contribution in [0.2, 0.25) is 5.28 Å². The molecule has 5 heteroatoms. The summed E-state index contributed by atoms with van der Waals surface area (Å²) in [4.78, 5) is 7.33. The normalized spacial score (nSPS) is 29.1. The lowest BCUT2D eigenvalue weighted by Crippen LogP contribution is -2.29. The predicted molar refractivity (Wildman–Crippen MR) is 63.6 cm³/mol. The number of aromatic nitrogens is 2. The second-order valence-corrected chi connectivity index (χ2v) is 5.14. The molecule has 0 radical (unpaired) electrons. The highest BCUT2D eigenvalue weighted by molar-refractivity contribution is 6.28. The van der Waals surface area contributed by atoms with E-state index in [2.05, 4.69) is 23.8 Å². The van der Waals surface area contributed by atoms with E-state index in [1.165, 1.54) is 0 Å². The molecule has 1 fully saturated rings. The highest BCUT2D eigenvalue weighted by atomic mass is 35.5. The molecule has 3 nitrogen and oxygen atoms in total. The minimum atomic E-state index is -0.555. The van der Waals surface area contributed by atoms with E-state index in [0.717, 1.165) is 25.5 Å². The molecule has 0 aliphatic heterocycles. The van der Waals surface area contributed by atoms with Crippen LogP contribution in [0.25, 0.3) is 0 Å². The molecule has 1 heterocycles. The maximum Gasteiger partial charge on any atom is 0.255 e. The van der Waals surface area contributed by atoms with E-state index in [9.17, 15) is 4.39 Å². The van der Waals surface area contributed by atoms with Gasteiger partial charge < -0.3 is 4.74 Å². The van der Waals surface area contributed by atoms with E-state index in [1.54, 1.807) is 0 Å². The largest absolute Gasteiger partial charge is 0.472 e. The first-order valence-electron chi connectivity index (χ1n) is 5.91. The lowest BCUT2D eigenvalue weighted by molar-refractivity contribution is 0.0921. The van der Waals surface area contributed by atoms with Crippen molar-refractivity contribution in [2.75, 3.05) is 0 Å². The summed E-state index contributed by atoms with van der Waals surface area (Å²) in [6, 6.07) is 0. The van der Waals surface area contributed by atoms with Crippen molar-refractivity contribution >= 4 is 11.6 Å². The Bertz CT molecular complexity index is 402. The fourth-order valence-corrected chi connectivity index (χ4v) is 2.30. The molecule has 0 spiro atoms. The minimum Gasteiger partial charge on any atom is -0.472 e. The molecule has 0 saturated heterocycles. The van der Waals surface area contributed by atoms with Crippen molar-refractivity contribution in [3.8, 4) is 5.88 Å². The van der Waals surface area contributed by atoms with Crippen LogP contribution in [0.4, 0.5) is 4.39 Å². The van der Waals surface area contributed by atoms with Crippen LogP contribution in [-0.4, -0.2) is 16.1 Å². The monoisotopic (exact) mass is 258 g/mol. The Hall–Kier alpha value is -0.900. The van der Waals surface area contributed by atoms with Gasteiger partial charge in [-0.25, -0.2) is 4.98 Å². The lowest BCUT2D eigenvalue weighted by atomic mass is 9.80. The molecule has 2 rings (SSSR count). The SMILES string of the molecule is CC1CCC(Oc2nc(Cl)ncc2F)CC1C. The van der Waals surface area contributed by atoms with E-state index in [1.807, 2.05) is 0 Å². The summed E-state index contributed by atoms with van der Waals surface area (Å²) >= 11 is 5.62. The Morgan fingerprint density at radius 3 is 2.82 bits per heavy atom. The molecule has 94 valence electrons. The van der Waals surface area contributed by atoms with Gasteiger partial charge in [0, 0.05) is 0 Å². The van der Waals surface area contributed by atoms with Gasteiger partial charge in [0.05, 0.1) is 6.20 Å². The Balaban J connectivity index is 2.03. The topological polar surface area (TPSA) is 35.0 Å². The summed E-state index contributed by atoms with van der Waals surface area (Å²) < 4.78 is 19.0. The lowest BCUT2D eigenvalue weighted by Gasteiger charge is -2.31. The quantitative estimate of drug-likeness (QED) is 0.762. The zero-order valence-electron chi connectivity index (χ0n) is 9.99. The van der Waals surface area contributed by atoms with Gasteiger partial charge in [-0.2, -0.15) is 9.37 Å². The molecule has 3 atom stereocenters. The van der Waals surface area contributed by atoms with Crippen LogP contribution in [0.3, 0.4) is 0 Å². The summed E-state index contributed by atoms with van der Waals surface area (Å²) in [5.74, 6) is 0.709. The fraction of sp³-hybridized carbons (Fsp3) is 0.667. The van der Waals surface area contributed by atoms with Crippen molar-refractivity contribution in [3.05, 3.63) is 17.3 Å². The summed E-state index contributed by atoms with van der Waals surface area (Å²) in [6.07, 6.45) is 4.04. The van der Waals surface area contributed by atoms with Gasteiger partial charge >= 0.3 is 0 Å². The van der Waals surface area contributed by atoms with Gasteiger partial charge in [0.1, 0.15) is 6.10 Å². The third kappa shape index (κ3) is 3.06. The van der Waals surface area contributed by atoms with Crippen LogP contribution in [0, 0.1) is 17.7 Å². The average Bonchev–Trinajstić information content (AvgIpc) is 2.29. The third-order valence-corrected chi connectivity index (χ3v) is 3.69. The second kappa shape index (κ2) is 5.17. The number of ether oxygens (including phenoxy) is 1. The summed E-state index contributed by atoms with van der Waals surface area (Å²) in [6.45, 7) is 4.44. The zero-order chi connectivity index (χ0) is 12.4. The first kappa shape index (κ1) is 12.6. The van der Waals surface area contributed by atoms with Gasteiger partial charge in [-0.3, -0.25) is 0 Å². The van der Waals surface area contributed by atoms with Gasteiger partial charge in [-0.1, -0.05) is 13.8 Å². The number of hydrogen-bond donors (Lipinski definition) is 0. The average molecular weight is 259 g/mol. The molecule has 1 aromatic rings. The fourth-order valence-electron chi connectivity index (χ4n) is 2.18. The highest BCUT2D eigenvalue weighted by Gasteiger charge is 2.26. The van der Waals surface area contributed by atoms with Crippen LogP contribution in [0.15, 0.2) is 6.20 Å². The summed E-state index contributed by atoms with van der Waals surface area (Å²) in [5.41, 5.74) is 0. The molecule has 0 aromatic carbocycles. The number of nitrogens with zero attached hydrogens (tertiary/aromatic N) is 2. The Morgan fingerprint density at radius 1 is 1.35 bits per heavy atom. The minimum absolute atomic E-state index is 0.0126. The van der Waals surface area contributed by atoms with Crippen molar-refractivity contribution < 1.29 is 9.13 Å². The smallest absolute Gasteiger partial charge is 0.255 e. The highest BCUT2D eigenvalue weighted by Crippen LogP contribution is 2.31. The molecule has 0 amide bonds. The maximum atomic E-state index is 13.4. The van der Waals surface area contributed by atoms with Crippen molar-refractivity contribution in [1.82, 2.24) is 9.97 Å². The molecule has 1 saturated carbocycles. The summed E-state index contributed by atoms with van der Waals surface area (Å²) in [5, 5.41) is 0.0126. The standard InChI is InChI=1S/C12H16ClFN2O/c1-7-3-4-9(5-8(7)2)17-11-10(14)6-15-12(13)16-11/h6-9H,3-5H2,1-2H3. The van der Waals surface area contributed by atoms with Crippen molar-refractivity contribution in [2.24, 2.45) is 11.8 Å². The van der Waals surface area contributed by atoms with Crippen LogP contribution in [-0.2, 0) is 0 Å². The number of rotatable bonds is 2. The Labute approximate surface area is 105 Å². The molecule has 0 bridgehead atoms. The van der Waals surface area contributed by atoms with Gasteiger partial charge in [-0.15, -0.1) is 0 Å². The predicted octanol–water partition coefficient (Wildman–Crippen LogP) is 3.47. The van der Waals surface area contributed by atoms with Crippen LogP contribution in [0.1, 0.15) is 33.1 Å². The molecule has 1 aliphatic carbocycles. The van der Waals surface area contributed by atoms with Crippen LogP contribution >= 0.6 is 11.6 Å². The van der Waals surface area contributed by atoms with Crippen molar-refractivity contribution in [2.45, 2.75) is 39.2 Å². The molecule has 17 heavy (non-hydrogen) atoms. The van der Waals surface area contributed by atoms with E-state index in [0.29, 0.717) is 11.8 Å². The molecule has 0 N–H and O–H groups in total. The molecule has 3 unspecified atom stereocenters. The third-order valence-electron chi connectivity index (χ3n) is 3.51. The van der Waals surface area contributed by atoms with Crippen LogP contribution < -0.4 is 4.74 Å². The number of hydrogen-bond acceptors (Lipinski definition) is 3. The Kier molecular flexibility index (Phi) is 3.82. The van der Waals surface area contributed by atoms with Gasteiger partial charge in [0.2, 0.25) is 11.1 Å². The maximum absolute atomic E-state index is 13.4. The van der Waals surface area contributed by atoms with Gasteiger partial charge in [0.15, 0.2) is 0 Å². The van der Waals surface area contributed by atoms with E-state index >= 15 is 0 Å². The second-order valence-electron chi connectivity index (χ2n) is 4.80. The first-order chi connectivity index (χ1) is 8.06. The number of halogens is 2. The zero-order valence-corrected chi connectivity index (χ0v) is 10.7. The van der Waals surface area contributed by atoms with E-state index in [-0.39, 0.29) is 17.3 Å². The molecule has 1 aliphatic rings. The van der Waals surface area contributed by atoms with Gasteiger partial charge in [-0.05, 0) is 42.7 Å². The Morgan fingerprint density at radius 2 is 2.12 bits per heavy atom. The van der Waals surface area contributed by atoms with E-state index in [4.69, 9.17) is 16.3 Å². The molecule has 1 aromatic heterocycles. The van der Waals surface area contributed by atoms with E-state index < -0.39 is 5.82 Å².